The number of hydrogen-bond donors (Lipinski definition) is 1. The van der Waals surface area contributed by atoms with Crippen LogP contribution in [-0.4, -0.2) is 41.1 Å². The van der Waals surface area contributed by atoms with Crippen LogP contribution in [0.2, 0.25) is 0 Å². The molecule has 0 radical (unpaired) electrons. The van der Waals surface area contributed by atoms with E-state index in [0.717, 1.165) is 24.9 Å². The second-order valence-corrected chi connectivity index (χ2v) is 5.68. The molecule has 1 aliphatic heterocycles. The van der Waals surface area contributed by atoms with Crippen LogP contribution in [0, 0.1) is 0 Å². The third-order valence-electron chi connectivity index (χ3n) is 4.05. The molecule has 120 valence electrons. The van der Waals surface area contributed by atoms with E-state index in [1.807, 2.05) is 4.90 Å². The predicted octanol–water partition coefficient (Wildman–Crippen LogP) is 2.73. The Balaban J connectivity index is 2.13. The van der Waals surface area contributed by atoms with E-state index < -0.39 is 5.97 Å². The molecule has 0 bridgehead atoms. The summed E-state index contributed by atoms with van der Waals surface area (Å²) in [6, 6.07) is 5.15. The highest BCUT2D eigenvalue weighted by Gasteiger charge is 2.23. The summed E-state index contributed by atoms with van der Waals surface area (Å²) in [5.74, 6) is -0.601. The van der Waals surface area contributed by atoms with Crippen LogP contribution in [0.3, 0.4) is 0 Å². The Morgan fingerprint density at radius 2 is 2.14 bits per heavy atom. The first-order valence-corrected chi connectivity index (χ1v) is 7.81. The summed E-state index contributed by atoms with van der Waals surface area (Å²) in [5, 5.41) is 9.15. The highest BCUT2D eigenvalue weighted by Crippen LogP contribution is 2.23. The predicted molar refractivity (Wildman–Crippen MR) is 83.3 cm³/mol. The Hall–Kier alpha value is -2.04. The van der Waals surface area contributed by atoms with Crippen LogP contribution in [0.1, 0.15) is 49.0 Å². The van der Waals surface area contributed by atoms with Crippen LogP contribution in [0.5, 0.6) is 5.75 Å². The molecule has 22 heavy (non-hydrogen) atoms. The van der Waals surface area contributed by atoms with E-state index in [1.165, 1.54) is 12.5 Å². The number of carbonyl (C=O) groups excluding carboxylic acids is 1. The molecule has 1 atom stereocenters. The van der Waals surface area contributed by atoms with Gasteiger partial charge in [0.25, 0.3) is 0 Å². The molecule has 2 rings (SSSR count). The number of carboxylic acids is 1. The maximum atomic E-state index is 12.4. The van der Waals surface area contributed by atoms with E-state index >= 15 is 0 Å². The van der Waals surface area contributed by atoms with Crippen molar-refractivity contribution in [3.05, 3.63) is 29.3 Å². The second kappa shape index (κ2) is 7.29. The van der Waals surface area contributed by atoms with Crippen LogP contribution < -0.4 is 4.74 Å². The Labute approximate surface area is 130 Å². The van der Waals surface area contributed by atoms with E-state index in [0.29, 0.717) is 12.4 Å². The molecule has 1 unspecified atom stereocenters. The number of carboxylic acid groups (broad SMARTS) is 1. The lowest BCUT2D eigenvalue weighted by Gasteiger charge is -2.33. The van der Waals surface area contributed by atoms with Crippen molar-refractivity contribution >= 4 is 11.9 Å². The third kappa shape index (κ3) is 3.78. The molecule has 0 aliphatic carbocycles. The fourth-order valence-corrected chi connectivity index (χ4v) is 2.87. The fourth-order valence-electron chi connectivity index (χ4n) is 2.87. The summed E-state index contributed by atoms with van der Waals surface area (Å²) in [6.07, 6.45) is 3.56. The molecule has 0 aromatic heterocycles. The number of nitrogens with zero attached hydrogens (tertiary/aromatic N) is 1. The Kier molecular flexibility index (Phi) is 5.41. The number of benzene rings is 1. The molecule has 5 nitrogen and oxygen atoms in total. The van der Waals surface area contributed by atoms with E-state index in [1.54, 1.807) is 19.1 Å². The minimum absolute atomic E-state index is 0.0951. The lowest BCUT2D eigenvalue weighted by atomic mass is 10.0. The Bertz CT molecular complexity index is 556. The molecule has 1 amide bonds. The van der Waals surface area contributed by atoms with Gasteiger partial charge >= 0.3 is 5.97 Å². The van der Waals surface area contributed by atoms with Gasteiger partial charge in [-0.2, -0.15) is 0 Å². The normalized spacial score (nSPS) is 18.1. The average Bonchev–Trinajstić information content (AvgIpc) is 2.48. The van der Waals surface area contributed by atoms with Crippen molar-refractivity contribution in [1.29, 1.82) is 0 Å². The summed E-state index contributed by atoms with van der Waals surface area (Å²) in [5.41, 5.74) is 0.917. The average molecular weight is 305 g/mol. The fraction of sp³-hybridized carbons (Fsp3) is 0.529. The Morgan fingerprint density at radius 3 is 2.77 bits per heavy atom. The third-order valence-corrected chi connectivity index (χ3v) is 4.05. The van der Waals surface area contributed by atoms with Crippen LogP contribution >= 0.6 is 0 Å². The van der Waals surface area contributed by atoms with Crippen molar-refractivity contribution in [2.45, 2.75) is 45.6 Å². The molecular formula is C17H23NO4. The van der Waals surface area contributed by atoms with E-state index in [4.69, 9.17) is 9.84 Å². The molecule has 1 fully saturated rings. The molecule has 0 saturated carbocycles. The quantitative estimate of drug-likeness (QED) is 0.908. The standard InChI is InChI=1S/C17H23NO4/c1-3-22-15-10-13(7-8-14(15)17(20)21)11-16(19)18-9-5-4-6-12(18)2/h7-8,10,12H,3-6,9,11H2,1-2H3,(H,20,21). The van der Waals surface area contributed by atoms with Gasteiger partial charge in [0.05, 0.1) is 13.0 Å². The highest BCUT2D eigenvalue weighted by atomic mass is 16.5. The van der Waals surface area contributed by atoms with Gasteiger partial charge in [-0.05, 0) is 50.8 Å². The topological polar surface area (TPSA) is 66.8 Å². The molecule has 0 spiro atoms. The van der Waals surface area contributed by atoms with Crippen molar-refractivity contribution in [3.8, 4) is 5.75 Å². The van der Waals surface area contributed by atoms with Crippen LogP contribution in [0.4, 0.5) is 0 Å². The lowest BCUT2D eigenvalue weighted by Crippen LogP contribution is -2.42. The zero-order chi connectivity index (χ0) is 16.1. The van der Waals surface area contributed by atoms with Crippen molar-refractivity contribution < 1.29 is 19.4 Å². The first kappa shape index (κ1) is 16.3. The first-order chi connectivity index (χ1) is 10.5. The smallest absolute Gasteiger partial charge is 0.339 e. The summed E-state index contributed by atoms with van der Waals surface area (Å²) >= 11 is 0. The zero-order valence-corrected chi connectivity index (χ0v) is 13.2. The molecule has 1 aliphatic rings. The number of aromatic carboxylic acids is 1. The van der Waals surface area contributed by atoms with Crippen molar-refractivity contribution in [1.82, 2.24) is 4.90 Å². The number of carbonyl (C=O) groups is 2. The number of rotatable bonds is 5. The van der Waals surface area contributed by atoms with E-state index in [9.17, 15) is 9.59 Å². The maximum Gasteiger partial charge on any atom is 0.339 e. The van der Waals surface area contributed by atoms with Crippen LogP contribution in [-0.2, 0) is 11.2 Å². The van der Waals surface area contributed by atoms with Gasteiger partial charge in [-0.25, -0.2) is 4.79 Å². The van der Waals surface area contributed by atoms with Crippen LogP contribution in [0.15, 0.2) is 18.2 Å². The summed E-state index contributed by atoms with van der Waals surface area (Å²) in [4.78, 5) is 25.5. The van der Waals surface area contributed by atoms with Gasteiger partial charge in [-0.15, -0.1) is 0 Å². The van der Waals surface area contributed by atoms with Gasteiger partial charge in [-0.3, -0.25) is 4.79 Å². The SMILES string of the molecule is CCOc1cc(CC(=O)N2CCCCC2C)ccc1C(=O)O. The van der Waals surface area contributed by atoms with Gasteiger partial charge in [0.15, 0.2) is 0 Å². The minimum Gasteiger partial charge on any atom is -0.493 e. The van der Waals surface area contributed by atoms with Crippen molar-refractivity contribution in [2.24, 2.45) is 0 Å². The molecule has 1 aromatic rings. The highest BCUT2D eigenvalue weighted by molar-refractivity contribution is 5.91. The second-order valence-electron chi connectivity index (χ2n) is 5.68. The van der Waals surface area contributed by atoms with E-state index in [-0.39, 0.29) is 23.9 Å². The molecule has 1 N–H and O–H groups in total. The molecule has 1 heterocycles. The summed E-state index contributed by atoms with van der Waals surface area (Å²) in [6.45, 7) is 5.08. The number of likely N-dealkylation sites (tertiary alicyclic amines) is 1. The number of piperidine rings is 1. The van der Waals surface area contributed by atoms with Gasteiger partial charge in [-0.1, -0.05) is 6.07 Å². The lowest BCUT2D eigenvalue weighted by molar-refractivity contribution is -0.133. The first-order valence-electron chi connectivity index (χ1n) is 7.81. The molecule has 1 saturated heterocycles. The van der Waals surface area contributed by atoms with Crippen molar-refractivity contribution in [3.63, 3.8) is 0 Å². The maximum absolute atomic E-state index is 12.4. The molecule has 5 heteroatoms. The summed E-state index contributed by atoms with van der Waals surface area (Å²) in [7, 11) is 0. The van der Waals surface area contributed by atoms with Gasteiger partial charge < -0.3 is 14.7 Å². The zero-order valence-electron chi connectivity index (χ0n) is 13.2. The minimum atomic E-state index is -1.02. The molecular weight excluding hydrogens is 282 g/mol. The monoisotopic (exact) mass is 305 g/mol. The summed E-state index contributed by atoms with van der Waals surface area (Å²) < 4.78 is 5.38. The molecule has 1 aromatic carbocycles. The van der Waals surface area contributed by atoms with E-state index in [2.05, 4.69) is 6.92 Å². The van der Waals surface area contributed by atoms with Crippen LogP contribution in [0.25, 0.3) is 0 Å². The number of hydrogen-bond acceptors (Lipinski definition) is 3. The number of amides is 1. The van der Waals surface area contributed by atoms with Gasteiger partial charge in [0.2, 0.25) is 5.91 Å². The number of ether oxygens (including phenoxy) is 1. The van der Waals surface area contributed by atoms with Crippen molar-refractivity contribution in [2.75, 3.05) is 13.2 Å². The Morgan fingerprint density at radius 1 is 1.36 bits per heavy atom. The van der Waals surface area contributed by atoms with Gasteiger partial charge in [0, 0.05) is 12.6 Å². The van der Waals surface area contributed by atoms with Gasteiger partial charge in [0.1, 0.15) is 11.3 Å². The largest absolute Gasteiger partial charge is 0.493 e.